The second-order valence-electron chi connectivity index (χ2n) is 4.93. The third-order valence-corrected chi connectivity index (χ3v) is 3.19. The van der Waals surface area contributed by atoms with Gasteiger partial charge in [-0.3, -0.25) is 9.59 Å². The van der Waals surface area contributed by atoms with Crippen molar-refractivity contribution in [1.29, 1.82) is 0 Å². The Morgan fingerprint density at radius 1 is 1.21 bits per heavy atom. The van der Waals surface area contributed by atoms with Crippen LogP contribution in [0.2, 0.25) is 0 Å². The zero-order chi connectivity index (χ0) is 14.6. The van der Waals surface area contributed by atoms with Gasteiger partial charge in [-0.25, -0.2) is 0 Å². The molecule has 4 heteroatoms. The van der Waals surface area contributed by atoms with Crippen molar-refractivity contribution in [2.24, 2.45) is 0 Å². The summed E-state index contributed by atoms with van der Waals surface area (Å²) in [6.45, 7) is 6.82. The fourth-order valence-corrected chi connectivity index (χ4v) is 1.45. The Bertz CT molecular complexity index is 513. The molecule has 0 bridgehead atoms. The van der Waals surface area contributed by atoms with E-state index < -0.39 is 11.4 Å². The summed E-state index contributed by atoms with van der Waals surface area (Å²) in [6, 6.07) is 6.85. The Kier molecular flexibility index (Phi) is 4.48. The predicted molar refractivity (Wildman–Crippen MR) is 75.2 cm³/mol. The van der Waals surface area contributed by atoms with Crippen molar-refractivity contribution in [3.63, 3.8) is 0 Å². The van der Waals surface area contributed by atoms with Crippen LogP contribution in [0.15, 0.2) is 35.9 Å². The van der Waals surface area contributed by atoms with E-state index in [4.69, 9.17) is 5.11 Å². The molecule has 0 fully saturated rings. The van der Waals surface area contributed by atoms with E-state index in [0.717, 1.165) is 0 Å². The largest absolute Gasteiger partial charge is 0.481 e. The molecule has 102 valence electrons. The van der Waals surface area contributed by atoms with Crippen LogP contribution in [0.3, 0.4) is 0 Å². The molecular weight excluding hydrogens is 242 g/mol. The third-order valence-electron chi connectivity index (χ3n) is 3.19. The minimum absolute atomic E-state index is 0.159. The van der Waals surface area contributed by atoms with E-state index in [0.29, 0.717) is 16.8 Å². The molecule has 0 unspecified atom stereocenters. The lowest BCUT2D eigenvalue weighted by Crippen LogP contribution is -2.28. The quantitative estimate of drug-likeness (QED) is 0.819. The predicted octanol–water partition coefficient (Wildman–Crippen LogP) is 2.95. The molecule has 0 aliphatic heterocycles. The van der Waals surface area contributed by atoms with Gasteiger partial charge in [0, 0.05) is 11.3 Å². The molecule has 0 spiro atoms. The van der Waals surface area contributed by atoms with Gasteiger partial charge in [0.15, 0.2) is 0 Å². The summed E-state index contributed by atoms with van der Waals surface area (Å²) in [4.78, 5) is 22.8. The van der Waals surface area contributed by atoms with Gasteiger partial charge in [0.05, 0.1) is 5.41 Å². The van der Waals surface area contributed by atoms with Gasteiger partial charge >= 0.3 is 5.97 Å². The topological polar surface area (TPSA) is 66.4 Å². The molecule has 0 heterocycles. The Morgan fingerprint density at radius 2 is 1.74 bits per heavy atom. The maximum absolute atomic E-state index is 11.7. The number of aliphatic carboxylic acids is 1. The molecule has 0 aromatic heterocycles. The summed E-state index contributed by atoms with van der Waals surface area (Å²) in [5, 5.41) is 11.9. The van der Waals surface area contributed by atoms with Crippen LogP contribution in [-0.4, -0.2) is 17.0 Å². The molecule has 0 aliphatic rings. The fraction of sp³-hybridized carbons (Fsp3) is 0.333. The third kappa shape index (κ3) is 3.44. The number of carboxylic acid groups (broad SMARTS) is 1. The minimum Gasteiger partial charge on any atom is -0.481 e. The van der Waals surface area contributed by atoms with Crippen LogP contribution in [0, 0.1) is 0 Å². The molecule has 0 radical (unpaired) electrons. The Balaban J connectivity index is 2.89. The van der Waals surface area contributed by atoms with Crippen LogP contribution < -0.4 is 5.32 Å². The second kappa shape index (κ2) is 5.69. The first-order valence-corrected chi connectivity index (χ1v) is 6.07. The summed E-state index contributed by atoms with van der Waals surface area (Å²) < 4.78 is 0. The molecule has 19 heavy (non-hydrogen) atoms. The molecule has 1 aromatic carbocycles. The van der Waals surface area contributed by atoms with Gasteiger partial charge in [-0.1, -0.05) is 18.2 Å². The Hall–Kier alpha value is -2.10. The highest BCUT2D eigenvalue weighted by molar-refractivity contribution is 6.03. The number of allylic oxidation sites excluding steroid dienone is 1. The van der Waals surface area contributed by atoms with E-state index in [1.165, 1.54) is 0 Å². The summed E-state index contributed by atoms with van der Waals surface area (Å²) in [7, 11) is 0. The van der Waals surface area contributed by atoms with E-state index in [-0.39, 0.29) is 5.91 Å². The monoisotopic (exact) mass is 261 g/mol. The van der Waals surface area contributed by atoms with Gasteiger partial charge in [-0.15, -0.1) is 0 Å². The lowest BCUT2D eigenvalue weighted by molar-refractivity contribution is -0.142. The fourth-order valence-electron chi connectivity index (χ4n) is 1.45. The van der Waals surface area contributed by atoms with E-state index in [1.54, 1.807) is 58.0 Å². The highest BCUT2D eigenvalue weighted by atomic mass is 16.4. The molecular formula is C15H19NO3. The van der Waals surface area contributed by atoms with E-state index in [9.17, 15) is 9.59 Å². The number of rotatable bonds is 4. The second-order valence-corrected chi connectivity index (χ2v) is 4.93. The van der Waals surface area contributed by atoms with Crippen LogP contribution in [0.4, 0.5) is 5.69 Å². The van der Waals surface area contributed by atoms with Gasteiger partial charge < -0.3 is 10.4 Å². The van der Waals surface area contributed by atoms with Crippen molar-refractivity contribution >= 4 is 17.6 Å². The standard InChI is InChI=1S/C15H19NO3/c1-5-10(2)13(17)16-12-8-6-11(7-9-12)15(3,4)14(18)19/h5-9H,1-4H3,(H,16,17)(H,18,19)/b10-5+. The smallest absolute Gasteiger partial charge is 0.313 e. The van der Waals surface area contributed by atoms with E-state index >= 15 is 0 Å². The number of nitrogens with one attached hydrogen (secondary N) is 1. The van der Waals surface area contributed by atoms with Gasteiger partial charge in [-0.2, -0.15) is 0 Å². The molecule has 0 saturated heterocycles. The van der Waals surface area contributed by atoms with Crippen LogP contribution in [0.25, 0.3) is 0 Å². The molecule has 0 atom stereocenters. The molecule has 2 N–H and O–H groups in total. The number of benzene rings is 1. The number of hydrogen-bond acceptors (Lipinski definition) is 2. The summed E-state index contributed by atoms with van der Waals surface area (Å²) in [5.74, 6) is -1.04. The number of carbonyl (C=O) groups excluding carboxylic acids is 1. The normalized spacial score (nSPS) is 12.1. The average molecular weight is 261 g/mol. The number of carbonyl (C=O) groups is 2. The molecule has 1 rings (SSSR count). The first kappa shape index (κ1) is 15.0. The minimum atomic E-state index is -0.943. The molecule has 1 amide bonds. The maximum Gasteiger partial charge on any atom is 0.313 e. The van der Waals surface area contributed by atoms with Crippen molar-refractivity contribution in [3.05, 3.63) is 41.5 Å². The highest BCUT2D eigenvalue weighted by Crippen LogP contribution is 2.24. The number of hydrogen-bond donors (Lipinski definition) is 2. The molecule has 1 aromatic rings. The van der Waals surface area contributed by atoms with Crippen molar-refractivity contribution in [2.75, 3.05) is 5.32 Å². The first-order valence-electron chi connectivity index (χ1n) is 6.07. The van der Waals surface area contributed by atoms with E-state index in [2.05, 4.69) is 5.32 Å². The number of carboxylic acids is 1. The number of amides is 1. The van der Waals surface area contributed by atoms with Gasteiger partial charge in [0.2, 0.25) is 0 Å². The van der Waals surface area contributed by atoms with Crippen molar-refractivity contribution in [2.45, 2.75) is 33.1 Å². The van der Waals surface area contributed by atoms with Gasteiger partial charge in [0.25, 0.3) is 5.91 Å². The van der Waals surface area contributed by atoms with Crippen LogP contribution in [0.5, 0.6) is 0 Å². The van der Waals surface area contributed by atoms with E-state index in [1.807, 2.05) is 0 Å². The Morgan fingerprint density at radius 3 is 2.16 bits per heavy atom. The molecule has 0 saturated carbocycles. The van der Waals surface area contributed by atoms with Crippen molar-refractivity contribution in [3.8, 4) is 0 Å². The number of anilines is 1. The highest BCUT2D eigenvalue weighted by Gasteiger charge is 2.29. The summed E-state index contributed by atoms with van der Waals surface area (Å²) >= 11 is 0. The molecule has 0 aliphatic carbocycles. The SMILES string of the molecule is C/C=C(\C)C(=O)Nc1ccc(C(C)(C)C(=O)O)cc1. The zero-order valence-electron chi connectivity index (χ0n) is 11.7. The lowest BCUT2D eigenvalue weighted by Gasteiger charge is -2.19. The maximum atomic E-state index is 11.7. The van der Waals surface area contributed by atoms with Crippen LogP contribution in [0.1, 0.15) is 33.3 Å². The molecule has 4 nitrogen and oxygen atoms in total. The average Bonchev–Trinajstić information content (AvgIpc) is 2.38. The first-order chi connectivity index (χ1) is 8.78. The lowest BCUT2D eigenvalue weighted by atomic mass is 9.85. The summed E-state index contributed by atoms with van der Waals surface area (Å²) in [6.07, 6.45) is 1.73. The van der Waals surface area contributed by atoms with Crippen LogP contribution >= 0.6 is 0 Å². The van der Waals surface area contributed by atoms with Gasteiger partial charge in [-0.05, 0) is 45.4 Å². The zero-order valence-corrected chi connectivity index (χ0v) is 11.7. The Labute approximate surface area is 113 Å². The van der Waals surface area contributed by atoms with Crippen molar-refractivity contribution < 1.29 is 14.7 Å². The van der Waals surface area contributed by atoms with Gasteiger partial charge in [0.1, 0.15) is 0 Å². The van der Waals surface area contributed by atoms with Crippen molar-refractivity contribution in [1.82, 2.24) is 0 Å². The summed E-state index contributed by atoms with van der Waals surface area (Å²) in [5.41, 5.74) is 1.04. The van der Waals surface area contributed by atoms with Crippen LogP contribution in [-0.2, 0) is 15.0 Å².